The van der Waals surface area contributed by atoms with Crippen molar-refractivity contribution >= 4 is 39.1 Å². The van der Waals surface area contributed by atoms with Crippen LogP contribution in [0.1, 0.15) is 32.8 Å². The topological polar surface area (TPSA) is 104 Å². The molecule has 7 nitrogen and oxygen atoms in total. The van der Waals surface area contributed by atoms with Crippen LogP contribution in [0.4, 0.5) is 5.69 Å². The zero-order valence-electron chi connectivity index (χ0n) is 13.6. The maximum atomic E-state index is 12.4. The molecule has 0 unspecified atom stereocenters. The smallest absolute Gasteiger partial charge is 0.265 e. The van der Waals surface area contributed by atoms with Gasteiger partial charge in [-0.1, -0.05) is 11.6 Å². The molecule has 2 amide bonds. The first-order valence-electron chi connectivity index (χ1n) is 7.29. The first kappa shape index (κ1) is 18.7. The quantitative estimate of drug-likeness (QED) is 0.824. The third-order valence-electron chi connectivity index (χ3n) is 3.54. The number of rotatable bonds is 4. The highest BCUT2D eigenvalue weighted by molar-refractivity contribution is 7.90. The Morgan fingerprint density at radius 2 is 2.00 bits per heavy atom. The molecule has 1 aliphatic rings. The zero-order valence-corrected chi connectivity index (χ0v) is 15.2. The van der Waals surface area contributed by atoms with Crippen LogP contribution in [0.15, 0.2) is 17.0 Å². The molecular weight excluding hydrogens is 356 g/mol. The number of nitrogens with zero attached hydrogens (tertiary/aromatic N) is 1. The number of hydrogen-bond acceptors (Lipinski definition) is 5. The minimum Gasteiger partial charge on any atom is -0.390 e. The van der Waals surface area contributed by atoms with Gasteiger partial charge in [0.25, 0.3) is 10.0 Å². The van der Waals surface area contributed by atoms with Crippen LogP contribution >= 0.6 is 11.6 Å². The van der Waals surface area contributed by atoms with Gasteiger partial charge in [-0.2, -0.15) is 0 Å². The van der Waals surface area contributed by atoms with E-state index < -0.39 is 21.5 Å². The molecule has 132 valence electrons. The molecule has 1 aromatic carbocycles. The molecule has 0 aromatic heterocycles. The van der Waals surface area contributed by atoms with Crippen LogP contribution in [0, 0.1) is 0 Å². The van der Waals surface area contributed by atoms with Gasteiger partial charge in [-0.05, 0) is 38.0 Å². The number of carbonyl (C=O) groups is 2. The number of halogens is 1. The summed E-state index contributed by atoms with van der Waals surface area (Å²) >= 11 is 6.05. The molecule has 0 fully saturated rings. The van der Waals surface area contributed by atoms with Gasteiger partial charge < -0.3 is 10.0 Å². The highest BCUT2D eigenvalue weighted by Crippen LogP contribution is 2.35. The van der Waals surface area contributed by atoms with Gasteiger partial charge in [0.1, 0.15) is 4.90 Å². The van der Waals surface area contributed by atoms with Crippen molar-refractivity contribution in [3.05, 3.63) is 22.7 Å². The van der Waals surface area contributed by atoms with Crippen molar-refractivity contribution in [3.8, 4) is 0 Å². The summed E-state index contributed by atoms with van der Waals surface area (Å²) in [4.78, 5) is 24.6. The number of benzene rings is 1. The molecule has 24 heavy (non-hydrogen) atoms. The number of amides is 2. The van der Waals surface area contributed by atoms with Crippen LogP contribution in [0.2, 0.25) is 5.02 Å². The standard InChI is InChI=1S/C15H19ClN2O5S/c1-9(19)18-5-4-10-6-11(16)13(7-12(10)18)24(22,23)17-14(20)8-15(2,3)21/h6-7,21H,4-5,8H2,1-3H3,(H,17,20). The van der Waals surface area contributed by atoms with E-state index in [0.717, 1.165) is 5.56 Å². The van der Waals surface area contributed by atoms with E-state index in [-0.39, 0.29) is 22.2 Å². The summed E-state index contributed by atoms with van der Waals surface area (Å²) in [6, 6.07) is 2.79. The second-order valence-corrected chi connectivity index (χ2v) is 8.41. The number of carbonyl (C=O) groups excluding carboxylic acids is 2. The number of hydrogen-bond donors (Lipinski definition) is 2. The number of sulfonamides is 1. The molecule has 2 rings (SSSR count). The molecular formula is C15H19ClN2O5S. The van der Waals surface area contributed by atoms with Gasteiger partial charge in [0.05, 0.1) is 17.0 Å². The molecule has 0 saturated heterocycles. The largest absolute Gasteiger partial charge is 0.390 e. The average Bonchev–Trinajstić information content (AvgIpc) is 2.76. The van der Waals surface area contributed by atoms with Crippen LogP contribution in [0.3, 0.4) is 0 Å². The molecule has 0 spiro atoms. The summed E-state index contributed by atoms with van der Waals surface area (Å²) in [5, 5.41) is 9.58. The zero-order chi connectivity index (χ0) is 18.3. The highest BCUT2D eigenvalue weighted by atomic mass is 35.5. The van der Waals surface area contributed by atoms with E-state index in [9.17, 15) is 23.1 Å². The van der Waals surface area contributed by atoms with Crippen LogP contribution in [0.25, 0.3) is 0 Å². The summed E-state index contributed by atoms with van der Waals surface area (Å²) in [5.74, 6) is -1.05. The molecule has 1 aliphatic heterocycles. The molecule has 0 bridgehead atoms. The fourth-order valence-corrected chi connectivity index (χ4v) is 4.11. The van der Waals surface area contributed by atoms with Crippen molar-refractivity contribution in [2.24, 2.45) is 0 Å². The van der Waals surface area contributed by atoms with E-state index in [1.807, 2.05) is 4.72 Å². The third-order valence-corrected chi connectivity index (χ3v) is 5.38. The molecule has 0 saturated carbocycles. The lowest BCUT2D eigenvalue weighted by atomic mass is 10.1. The molecule has 0 radical (unpaired) electrons. The van der Waals surface area contributed by atoms with Gasteiger partial charge in [-0.15, -0.1) is 0 Å². The Balaban J connectivity index is 2.36. The molecule has 9 heteroatoms. The number of aliphatic hydroxyl groups is 1. The van der Waals surface area contributed by atoms with E-state index in [0.29, 0.717) is 18.7 Å². The Kier molecular flexibility index (Phi) is 4.94. The van der Waals surface area contributed by atoms with Crippen molar-refractivity contribution in [2.75, 3.05) is 11.4 Å². The summed E-state index contributed by atoms with van der Waals surface area (Å²) in [5.41, 5.74) is -0.0913. The Labute approximate surface area is 145 Å². The Bertz CT molecular complexity index is 799. The van der Waals surface area contributed by atoms with Crippen LogP contribution in [0.5, 0.6) is 0 Å². The molecule has 1 aromatic rings. The van der Waals surface area contributed by atoms with E-state index in [2.05, 4.69) is 0 Å². The van der Waals surface area contributed by atoms with Crippen LogP contribution in [-0.4, -0.2) is 37.5 Å². The van der Waals surface area contributed by atoms with Crippen molar-refractivity contribution in [2.45, 2.75) is 44.1 Å². The van der Waals surface area contributed by atoms with Gasteiger partial charge in [0.15, 0.2) is 0 Å². The van der Waals surface area contributed by atoms with Gasteiger partial charge in [0, 0.05) is 19.2 Å². The second-order valence-electron chi connectivity index (χ2n) is 6.35. The van der Waals surface area contributed by atoms with Crippen molar-refractivity contribution in [1.82, 2.24) is 4.72 Å². The summed E-state index contributed by atoms with van der Waals surface area (Å²) in [6.45, 7) is 4.64. The van der Waals surface area contributed by atoms with E-state index in [1.165, 1.54) is 37.8 Å². The lowest BCUT2D eigenvalue weighted by Crippen LogP contribution is -2.36. The van der Waals surface area contributed by atoms with Gasteiger partial charge in [0.2, 0.25) is 11.8 Å². The summed E-state index contributed by atoms with van der Waals surface area (Å²) in [7, 11) is -4.21. The first-order chi connectivity index (χ1) is 10.9. The maximum Gasteiger partial charge on any atom is 0.265 e. The first-order valence-corrected chi connectivity index (χ1v) is 9.15. The summed E-state index contributed by atoms with van der Waals surface area (Å²) < 4.78 is 26.7. The second kappa shape index (κ2) is 6.34. The monoisotopic (exact) mass is 374 g/mol. The molecule has 2 N–H and O–H groups in total. The van der Waals surface area contributed by atoms with Gasteiger partial charge in [-0.3, -0.25) is 9.59 Å². The minimum absolute atomic E-state index is 0.0253. The average molecular weight is 375 g/mol. The molecule has 0 atom stereocenters. The lowest BCUT2D eigenvalue weighted by molar-refractivity contribution is -0.123. The summed E-state index contributed by atoms with van der Waals surface area (Å²) in [6.07, 6.45) is 0.203. The van der Waals surface area contributed by atoms with Crippen molar-refractivity contribution in [3.63, 3.8) is 0 Å². The number of nitrogens with one attached hydrogen (secondary N) is 1. The molecule has 0 aliphatic carbocycles. The fourth-order valence-electron chi connectivity index (χ4n) is 2.55. The van der Waals surface area contributed by atoms with E-state index >= 15 is 0 Å². The van der Waals surface area contributed by atoms with Crippen LogP contribution < -0.4 is 9.62 Å². The highest BCUT2D eigenvalue weighted by Gasteiger charge is 2.29. The maximum absolute atomic E-state index is 12.4. The normalized spacial score (nSPS) is 14.5. The number of anilines is 1. The van der Waals surface area contributed by atoms with Gasteiger partial charge >= 0.3 is 0 Å². The minimum atomic E-state index is -4.21. The predicted octanol–water partition coefficient (Wildman–Crippen LogP) is 1.21. The Morgan fingerprint density at radius 1 is 1.38 bits per heavy atom. The third kappa shape index (κ3) is 4.06. The lowest BCUT2D eigenvalue weighted by Gasteiger charge is -2.18. The van der Waals surface area contributed by atoms with Crippen LogP contribution in [-0.2, 0) is 26.0 Å². The van der Waals surface area contributed by atoms with Crippen molar-refractivity contribution in [1.29, 1.82) is 0 Å². The predicted molar refractivity (Wildman–Crippen MR) is 89.4 cm³/mol. The fraction of sp³-hybridized carbons (Fsp3) is 0.467. The van der Waals surface area contributed by atoms with E-state index in [1.54, 1.807) is 0 Å². The van der Waals surface area contributed by atoms with Crippen molar-refractivity contribution < 1.29 is 23.1 Å². The van der Waals surface area contributed by atoms with Gasteiger partial charge in [-0.25, -0.2) is 13.1 Å². The SMILES string of the molecule is CC(=O)N1CCc2cc(Cl)c(S(=O)(=O)NC(=O)CC(C)(C)O)cc21. The van der Waals surface area contributed by atoms with E-state index in [4.69, 9.17) is 11.6 Å². The Hall–Kier alpha value is -1.64. The molecule has 1 heterocycles. The number of fused-ring (bicyclic) bond motifs is 1. The Morgan fingerprint density at radius 3 is 2.54 bits per heavy atom.